The first kappa shape index (κ1) is 14.2. The summed E-state index contributed by atoms with van der Waals surface area (Å²) >= 11 is 0. The highest BCUT2D eigenvalue weighted by atomic mass is 16.6. The number of aliphatic hydroxyl groups excluding tert-OH is 1. The first-order valence-electron chi connectivity index (χ1n) is 5.44. The van der Waals surface area contributed by atoms with Crippen LogP contribution in [0.15, 0.2) is 0 Å². The summed E-state index contributed by atoms with van der Waals surface area (Å²) in [6.45, 7) is 9.10. The first-order chi connectivity index (χ1) is 6.76. The maximum absolute atomic E-state index is 11.4. The highest BCUT2D eigenvalue weighted by Crippen LogP contribution is 2.08. The summed E-state index contributed by atoms with van der Waals surface area (Å²) in [4.78, 5) is 11.4. The Labute approximate surface area is 92.0 Å². The number of hydrogen-bond donors (Lipinski definition) is 2. The quantitative estimate of drug-likeness (QED) is 0.757. The second-order valence-corrected chi connectivity index (χ2v) is 4.78. The van der Waals surface area contributed by atoms with Crippen LogP contribution in [0.25, 0.3) is 0 Å². The number of ether oxygens (including phenoxy) is 1. The topological polar surface area (TPSA) is 58.6 Å². The second-order valence-electron chi connectivity index (χ2n) is 4.78. The van der Waals surface area contributed by atoms with Gasteiger partial charge in [-0.2, -0.15) is 0 Å². The number of carbonyl (C=O) groups is 1. The number of hydrogen-bond acceptors (Lipinski definition) is 3. The standard InChI is InChI=1S/C11H23NO3/c1-6-7-9(8(2)13)12-10(14)15-11(3,4)5/h8-9,13H,6-7H2,1-5H3,(H,12,14). The number of nitrogens with one attached hydrogen (secondary N) is 1. The minimum absolute atomic E-state index is 0.232. The Bertz CT molecular complexity index is 196. The van der Waals surface area contributed by atoms with E-state index < -0.39 is 17.8 Å². The zero-order valence-electron chi connectivity index (χ0n) is 10.3. The average molecular weight is 217 g/mol. The highest BCUT2D eigenvalue weighted by molar-refractivity contribution is 5.68. The van der Waals surface area contributed by atoms with E-state index in [-0.39, 0.29) is 6.04 Å². The maximum atomic E-state index is 11.4. The molecule has 0 aromatic heterocycles. The molecule has 1 amide bonds. The van der Waals surface area contributed by atoms with Crippen LogP contribution in [-0.4, -0.2) is 28.9 Å². The molecule has 2 N–H and O–H groups in total. The maximum Gasteiger partial charge on any atom is 0.407 e. The van der Waals surface area contributed by atoms with Crippen LogP contribution in [0.2, 0.25) is 0 Å². The SMILES string of the molecule is CCCC(NC(=O)OC(C)(C)C)C(C)O. The summed E-state index contributed by atoms with van der Waals surface area (Å²) in [5.74, 6) is 0. The summed E-state index contributed by atoms with van der Waals surface area (Å²) in [5.41, 5.74) is -0.500. The van der Waals surface area contributed by atoms with Gasteiger partial charge in [-0.1, -0.05) is 13.3 Å². The van der Waals surface area contributed by atoms with Crippen molar-refractivity contribution in [3.8, 4) is 0 Å². The Morgan fingerprint density at radius 2 is 2.00 bits per heavy atom. The van der Waals surface area contributed by atoms with Crippen LogP contribution in [0.5, 0.6) is 0 Å². The fraction of sp³-hybridized carbons (Fsp3) is 0.909. The van der Waals surface area contributed by atoms with Crippen LogP contribution in [0, 0.1) is 0 Å². The van der Waals surface area contributed by atoms with E-state index in [9.17, 15) is 9.90 Å². The van der Waals surface area contributed by atoms with Crippen molar-refractivity contribution in [2.75, 3.05) is 0 Å². The number of rotatable bonds is 4. The lowest BCUT2D eigenvalue weighted by atomic mass is 10.1. The molecule has 15 heavy (non-hydrogen) atoms. The Hall–Kier alpha value is -0.770. The van der Waals surface area contributed by atoms with Crippen molar-refractivity contribution >= 4 is 6.09 Å². The second kappa shape index (κ2) is 5.95. The number of aliphatic hydroxyl groups is 1. The monoisotopic (exact) mass is 217 g/mol. The van der Waals surface area contributed by atoms with Crippen molar-refractivity contribution in [3.63, 3.8) is 0 Å². The molecule has 0 spiro atoms. The highest BCUT2D eigenvalue weighted by Gasteiger charge is 2.21. The van der Waals surface area contributed by atoms with Crippen LogP contribution in [0.4, 0.5) is 4.79 Å². The molecule has 0 aromatic rings. The van der Waals surface area contributed by atoms with Crippen molar-refractivity contribution in [3.05, 3.63) is 0 Å². The van der Waals surface area contributed by atoms with Gasteiger partial charge in [-0.3, -0.25) is 0 Å². The third kappa shape index (κ3) is 7.19. The molecule has 4 heteroatoms. The van der Waals surface area contributed by atoms with Gasteiger partial charge < -0.3 is 15.2 Å². The molecule has 0 heterocycles. The molecule has 0 aliphatic carbocycles. The van der Waals surface area contributed by atoms with Gasteiger partial charge in [-0.05, 0) is 34.1 Å². The van der Waals surface area contributed by atoms with Gasteiger partial charge in [0.15, 0.2) is 0 Å². The number of carbonyl (C=O) groups excluding carboxylic acids is 1. The van der Waals surface area contributed by atoms with Crippen LogP contribution in [0.3, 0.4) is 0 Å². The van der Waals surface area contributed by atoms with Gasteiger partial charge in [-0.15, -0.1) is 0 Å². The molecule has 0 aliphatic heterocycles. The molecular weight excluding hydrogens is 194 g/mol. The Balaban J connectivity index is 4.11. The van der Waals surface area contributed by atoms with E-state index in [2.05, 4.69) is 5.32 Å². The molecule has 2 atom stereocenters. The van der Waals surface area contributed by atoms with E-state index in [1.165, 1.54) is 0 Å². The zero-order valence-corrected chi connectivity index (χ0v) is 10.3. The zero-order chi connectivity index (χ0) is 12.1. The van der Waals surface area contributed by atoms with Crippen LogP contribution >= 0.6 is 0 Å². The summed E-state index contributed by atoms with van der Waals surface area (Å²) in [6.07, 6.45) is 0.627. The Kier molecular flexibility index (Phi) is 5.65. The lowest BCUT2D eigenvalue weighted by Gasteiger charge is -2.24. The molecule has 0 saturated heterocycles. The molecule has 0 aromatic carbocycles. The number of alkyl carbamates (subject to hydrolysis) is 1. The summed E-state index contributed by atoms with van der Waals surface area (Å²) in [7, 11) is 0. The summed E-state index contributed by atoms with van der Waals surface area (Å²) in [6, 6.07) is -0.232. The average Bonchev–Trinajstić information content (AvgIpc) is 1.99. The van der Waals surface area contributed by atoms with Crippen molar-refractivity contribution in [2.45, 2.75) is 65.2 Å². The van der Waals surface area contributed by atoms with Crippen LogP contribution in [0.1, 0.15) is 47.5 Å². The predicted molar refractivity (Wildman–Crippen MR) is 59.7 cm³/mol. The van der Waals surface area contributed by atoms with E-state index in [0.29, 0.717) is 0 Å². The molecule has 0 rings (SSSR count). The summed E-state index contributed by atoms with van der Waals surface area (Å²) < 4.78 is 5.10. The molecule has 90 valence electrons. The molecule has 0 saturated carbocycles. The van der Waals surface area contributed by atoms with Gasteiger partial charge in [0.05, 0.1) is 12.1 Å². The Morgan fingerprint density at radius 3 is 2.33 bits per heavy atom. The molecule has 0 radical (unpaired) electrons. The summed E-state index contributed by atoms with van der Waals surface area (Å²) in [5, 5.41) is 12.1. The van der Waals surface area contributed by atoms with Gasteiger partial charge in [0.1, 0.15) is 5.60 Å². The minimum atomic E-state index is -0.558. The van der Waals surface area contributed by atoms with Crippen molar-refractivity contribution in [2.24, 2.45) is 0 Å². The van der Waals surface area contributed by atoms with Gasteiger partial charge in [-0.25, -0.2) is 4.79 Å². The normalized spacial score (nSPS) is 15.6. The lowest BCUT2D eigenvalue weighted by molar-refractivity contribution is 0.0430. The van der Waals surface area contributed by atoms with Crippen molar-refractivity contribution in [1.29, 1.82) is 0 Å². The predicted octanol–water partition coefficient (Wildman–Crippen LogP) is 2.06. The lowest BCUT2D eigenvalue weighted by Crippen LogP contribution is -2.44. The van der Waals surface area contributed by atoms with Gasteiger partial charge in [0.2, 0.25) is 0 Å². The van der Waals surface area contributed by atoms with E-state index in [1.807, 2.05) is 27.7 Å². The van der Waals surface area contributed by atoms with E-state index >= 15 is 0 Å². The van der Waals surface area contributed by atoms with E-state index in [0.717, 1.165) is 12.8 Å². The molecule has 0 fully saturated rings. The van der Waals surface area contributed by atoms with Crippen molar-refractivity contribution < 1.29 is 14.6 Å². The molecule has 0 bridgehead atoms. The van der Waals surface area contributed by atoms with E-state index in [1.54, 1.807) is 6.92 Å². The third-order valence-electron chi connectivity index (χ3n) is 1.88. The fourth-order valence-electron chi connectivity index (χ4n) is 1.20. The fourth-order valence-corrected chi connectivity index (χ4v) is 1.20. The minimum Gasteiger partial charge on any atom is -0.444 e. The van der Waals surface area contributed by atoms with Gasteiger partial charge in [0, 0.05) is 0 Å². The van der Waals surface area contributed by atoms with Crippen LogP contribution < -0.4 is 5.32 Å². The molecular formula is C11H23NO3. The third-order valence-corrected chi connectivity index (χ3v) is 1.88. The Morgan fingerprint density at radius 1 is 1.47 bits per heavy atom. The smallest absolute Gasteiger partial charge is 0.407 e. The van der Waals surface area contributed by atoms with Gasteiger partial charge >= 0.3 is 6.09 Å². The largest absolute Gasteiger partial charge is 0.444 e. The number of amides is 1. The first-order valence-corrected chi connectivity index (χ1v) is 5.44. The molecule has 2 unspecified atom stereocenters. The van der Waals surface area contributed by atoms with E-state index in [4.69, 9.17) is 4.74 Å². The van der Waals surface area contributed by atoms with Gasteiger partial charge in [0.25, 0.3) is 0 Å². The molecule has 4 nitrogen and oxygen atoms in total. The van der Waals surface area contributed by atoms with Crippen molar-refractivity contribution in [1.82, 2.24) is 5.32 Å². The van der Waals surface area contributed by atoms with Crippen LogP contribution in [-0.2, 0) is 4.74 Å². The molecule has 0 aliphatic rings.